The van der Waals surface area contributed by atoms with Crippen molar-refractivity contribution in [1.29, 1.82) is 0 Å². The summed E-state index contributed by atoms with van der Waals surface area (Å²) in [6.45, 7) is 2.17. The molecule has 24 heavy (non-hydrogen) atoms. The van der Waals surface area contributed by atoms with Gasteiger partial charge >= 0.3 is 0 Å². The molecule has 122 valence electrons. The molecule has 3 aromatic rings. The second-order valence-electron chi connectivity index (χ2n) is 6.71. The van der Waals surface area contributed by atoms with Gasteiger partial charge in [0.05, 0.1) is 0 Å². The van der Waals surface area contributed by atoms with Crippen LogP contribution in [-0.4, -0.2) is 24.4 Å². The van der Waals surface area contributed by atoms with E-state index in [4.69, 9.17) is 0 Å². The summed E-state index contributed by atoms with van der Waals surface area (Å²) in [5.41, 5.74) is 4.44. The van der Waals surface area contributed by atoms with Gasteiger partial charge in [-0.25, -0.2) is 0 Å². The zero-order valence-electron chi connectivity index (χ0n) is 13.7. The number of aldehydes is 1. The zero-order chi connectivity index (χ0) is 16.4. The lowest BCUT2D eigenvalue weighted by Crippen LogP contribution is -2.34. The fraction of sp³-hybridized carbons (Fsp3) is 0.286. The van der Waals surface area contributed by atoms with Crippen LogP contribution in [0.25, 0.3) is 10.9 Å². The Balaban J connectivity index is 1.44. The zero-order valence-corrected chi connectivity index (χ0v) is 13.7. The molecule has 0 amide bonds. The Hall–Kier alpha value is -2.55. The first kappa shape index (κ1) is 15.0. The highest BCUT2D eigenvalue weighted by Gasteiger charge is 2.20. The maximum absolute atomic E-state index is 11.2. The molecule has 0 saturated carbocycles. The van der Waals surface area contributed by atoms with Crippen LogP contribution < -0.4 is 4.90 Å². The number of aromatic amines is 1. The van der Waals surface area contributed by atoms with E-state index < -0.39 is 0 Å². The average molecular weight is 318 g/mol. The van der Waals surface area contributed by atoms with Gasteiger partial charge in [0, 0.05) is 41.4 Å². The first-order chi connectivity index (χ1) is 11.8. The first-order valence-corrected chi connectivity index (χ1v) is 8.68. The number of carbonyl (C=O) groups excluding carboxylic acids is 1. The van der Waals surface area contributed by atoms with Crippen LogP contribution in [0.3, 0.4) is 0 Å². The molecule has 1 N–H and O–H groups in total. The Kier molecular flexibility index (Phi) is 4.08. The predicted molar refractivity (Wildman–Crippen MR) is 98.8 cm³/mol. The number of carbonyl (C=O) groups is 1. The van der Waals surface area contributed by atoms with Crippen molar-refractivity contribution in [2.75, 3.05) is 18.0 Å². The number of H-pyrrole nitrogens is 1. The molecule has 1 saturated heterocycles. The Morgan fingerprint density at radius 3 is 2.62 bits per heavy atom. The van der Waals surface area contributed by atoms with Gasteiger partial charge in [-0.3, -0.25) is 4.79 Å². The van der Waals surface area contributed by atoms with E-state index in [-0.39, 0.29) is 0 Å². The van der Waals surface area contributed by atoms with Crippen LogP contribution in [0.15, 0.2) is 54.7 Å². The summed E-state index contributed by atoms with van der Waals surface area (Å²) in [4.78, 5) is 16.8. The summed E-state index contributed by atoms with van der Waals surface area (Å²) < 4.78 is 0. The van der Waals surface area contributed by atoms with Gasteiger partial charge in [0.25, 0.3) is 0 Å². The monoisotopic (exact) mass is 318 g/mol. The molecule has 0 unspecified atom stereocenters. The minimum Gasteiger partial charge on any atom is -0.371 e. The number of hydrogen-bond donors (Lipinski definition) is 1. The molecule has 1 aromatic heterocycles. The van der Waals surface area contributed by atoms with Crippen molar-refractivity contribution >= 4 is 22.9 Å². The van der Waals surface area contributed by atoms with E-state index in [0.29, 0.717) is 0 Å². The summed E-state index contributed by atoms with van der Waals surface area (Å²) in [5.74, 6) is 0.769. The summed E-state index contributed by atoms with van der Waals surface area (Å²) >= 11 is 0. The lowest BCUT2D eigenvalue weighted by atomic mass is 9.90. The van der Waals surface area contributed by atoms with Gasteiger partial charge in [-0.2, -0.15) is 0 Å². The quantitative estimate of drug-likeness (QED) is 0.722. The van der Waals surface area contributed by atoms with Gasteiger partial charge in [0.1, 0.15) is 0 Å². The fourth-order valence-corrected chi connectivity index (χ4v) is 3.77. The molecule has 0 bridgehead atoms. The van der Waals surface area contributed by atoms with Gasteiger partial charge in [-0.05, 0) is 48.9 Å². The standard InChI is InChI=1S/C21H22N2O/c24-15-18-14-22-21-7-6-19(13-20(18)21)23-10-8-17(9-11-23)12-16-4-2-1-3-5-16/h1-7,13-15,17,22H,8-12H2. The van der Waals surface area contributed by atoms with E-state index in [1.807, 2.05) is 0 Å². The predicted octanol–water partition coefficient (Wildman–Crippen LogP) is 4.44. The van der Waals surface area contributed by atoms with E-state index in [2.05, 4.69) is 58.4 Å². The molecule has 0 aliphatic carbocycles. The van der Waals surface area contributed by atoms with Crippen LogP contribution in [0, 0.1) is 5.92 Å². The van der Waals surface area contributed by atoms with Crippen molar-refractivity contribution in [3.05, 3.63) is 65.9 Å². The normalized spacial score (nSPS) is 15.8. The van der Waals surface area contributed by atoms with E-state index in [9.17, 15) is 4.79 Å². The van der Waals surface area contributed by atoms with Crippen LogP contribution in [0.2, 0.25) is 0 Å². The largest absolute Gasteiger partial charge is 0.371 e. The molecule has 1 aliphatic rings. The number of anilines is 1. The molecular formula is C21H22N2O. The number of fused-ring (bicyclic) bond motifs is 1. The number of nitrogens with one attached hydrogen (secondary N) is 1. The number of hydrogen-bond acceptors (Lipinski definition) is 2. The SMILES string of the molecule is O=Cc1c[nH]c2ccc(N3CCC(Cc4ccccc4)CC3)cc12. The molecule has 3 heteroatoms. The highest BCUT2D eigenvalue weighted by molar-refractivity contribution is 5.98. The average Bonchev–Trinajstić information content (AvgIpc) is 3.05. The topological polar surface area (TPSA) is 36.1 Å². The Bertz CT molecular complexity index is 829. The third-order valence-electron chi connectivity index (χ3n) is 5.17. The minimum absolute atomic E-state index is 0.741. The van der Waals surface area contributed by atoms with Gasteiger partial charge in [-0.15, -0.1) is 0 Å². The van der Waals surface area contributed by atoms with Crippen LogP contribution in [-0.2, 0) is 6.42 Å². The number of aromatic nitrogens is 1. The van der Waals surface area contributed by atoms with Crippen molar-refractivity contribution in [2.45, 2.75) is 19.3 Å². The van der Waals surface area contributed by atoms with E-state index in [1.54, 1.807) is 6.20 Å². The van der Waals surface area contributed by atoms with Crippen molar-refractivity contribution in [2.24, 2.45) is 5.92 Å². The smallest absolute Gasteiger partial charge is 0.152 e. The lowest BCUT2D eigenvalue weighted by molar-refractivity contribution is 0.112. The molecule has 0 atom stereocenters. The lowest BCUT2D eigenvalue weighted by Gasteiger charge is -2.33. The third kappa shape index (κ3) is 2.94. The molecule has 2 aromatic carbocycles. The third-order valence-corrected chi connectivity index (χ3v) is 5.17. The Morgan fingerprint density at radius 1 is 1.08 bits per heavy atom. The van der Waals surface area contributed by atoms with Gasteiger partial charge < -0.3 is 9.88 Å². The highest BCUT2D eigenvalue weighted by Crippen LogP contribution is 2.29. The van der Waals surface area contributed by atoms with Crippen molar-refractivity contribution in [1.82, 2.24) is 4.98 Å². The van der Waals surface area contributed by atoms with Crippen LogP contribution >= 0.6 is 0 Å². The van der Waals surface area contributed by atoms with Gasteiger partial charge in [0.15, 0.2) is 6.29 Å². The molecule has 2 heterocycles. The van der Waals surface area contributed by atoms with Gasteiger partial charge in [-0.1, -0.05) is 30.3 Å². The Labute approximate surface area is 142 Å². The van der Waals surface area contributed by atoms with Gasteiger partial charge in [0.2, 0.25) is 0 Å². The maximum Gasteiger partial charge on any atom is 0.152 e. The van der Waals surface area contributed by atoms with E-state index in [0.717, 1.165) is 41.8 Å². The number of benzene rings is 2. The van der Waals surface area contributed by atoms with Crippen LogP contribution in [0.5, 0.6) is 0 Å². The maximum atomic E-state index is 11.2. The molecule has 3 nitrogen and oxygen atoms in total. The van der Waals surface area contributed by atoms with E-state index in [1.165, 1.54) is 30.5 Å². The summed E-state index contributed by atoms with van der Waals surface area (Å²) in [7, 11) is 0. The molecule has 1 aliphatic heterocycles. The molecular weight excluding hydrogens is 296 g/mol. The van der Waals surface area contributed by atoms with Crippen molar-refractivity contribution < 1.29 is 4.79 Å². The minimum atomic E-state index is 0.741. The van der Waals surface area contributed by atoms with Crippen molar-refractivity contribution in [3.8, 4) is 0 Å². The Morgan fingerprint density at radius 2 is 1.88 bits per heavy atom. The number of rotatable bonds is 4. The summed E-state index contributed by atoms with van der Waals surface area (Å²) in [6.07, 6.45) is 6.34. The first-order valence-electron chi connectivity index (χ1n) is 8.68. The molecule has 0 radical (unpaired) electrons. The number of piperidine rings is 1. The second-order valence-corrected chi connectivity index (χ2v) is 6.71. The molecule has 4 rings (SSSR count). The molecule has 0 spiro atoms. The molecule has 1 fully saturated rings. The van der Waals surface area contributed by atoms with E-state index >= 15 is 0 Å². The second kappa shape index (κ2) is 6.52. The van der Waals surface area contributed by atoms with Crippen LogP contribution in [0.4, 0.5) is 5.69 Å². The highest BCUT2D eigenvalue weighted by atomic mass is 16.1. The summed E-state index contributed by atoms with van der Waals surface area (Å²) in [6, 6.07) is 17.2. The number of nitrogens with zero attached hydrogens (tertiary/aromatic N) is 1. The van der Waals surface area contributed by atoms with Crippen LogP contribution in [0.1, 0.15) is 28.8 Å². The summed E-state index contributed by atoms with van der Waals surface area (Å²) in [5, 5.41) is 1.02. The fourth-order valence-electron chi connectivity index (χ4n) is 3.77. The van der Waals surface area contributed by atoms with Crippen molar-refractivity contribution in [3.63, 3.8) is 0 Å².